The Kier molecular flexibility index (Phi) is 5.01. The number of halogens is 1. The van der Waals surface area contributed by atoms with Crippen LogP contribution in [-0.4, -0.2) is 23.1 Å². The zero-order chi connectivity index (χ0) is 16.1. The second kappa shape index (κ2) is 6.95. The van der Waals surface area contributed by atoms with E-state index in [4.69, 9.17) is 16.3 Å². The van der Waals surface area contributed by atoms with Gasteiger partial charge in [-0.3, -0.25) is 4.79 Å². The first-order valence-electron chi connectivity index (χ1n) is 6.52. The molecule has 5 nitrogen and oxygen atoms in total. The molecule has 0 saturated carbocycles. The van der Waals surface area contributed by atoms with Crippen LogP contribution in [0.5, 0.6) is 5.75 Å². The van der Waals surface area contributed by atoms with Crippen molar-refractivity contribution in [2.75, 3.05) is 5.32 Å². The van der Waals surface area contributed by atoms with E-state index in [2.05, 4.69) is 5.32 Å². The number of hydrogen-bond donors (Lipinski definition) is 2. The Labute approximate surface area is 132 Å². The van der Waals surface area contributed by atoms with Crippen molar-refractivity contribution >= 4 is 29.2 Å². The summed E-state index contributed by atoms with van der Waals surface area (Å²) in [7, 11) is 0. The number of benzene rings is 2. The smallest absolute Gasteiger partial charge is 0.339 e. The Morgan fingerprint density at radius 1 is 1.18 bits per heavy atom. The van der Waals surface area contributed by atoms with Crippen LogP contribution >= 0.6 is 11.6 Å². The third-order valence-electron chi connectivity index (χ3n) is 2.83. The average Bonchev–Trinajstić information content (AvgIpc) is 2.47. The van der Waals surface area contributed by atoms with Crippen molar-refractivity contribution in [3.63, 3.8) is 0 Å². The first-order valence-corrected chi connectivity index (χ1v) is 6.90. The molecule has 0 spiro atoms. The van der Waals surface area contributed by atoms with Gasteiger partial charge >= 0.3 is 5.97 Å². The summed E-state index contributed by atoms with van der Waals surface area (Å²) in [5, 5.41) is 12.4. The SMILES string of the molecule is C[C@@H](OC(=O)c1cccc(O)c1)C(=O)Nc1cccc(Cl)c1. The Hall–Kier alpha value is -2.53. The zero-order valence-corrected chi connectivity index (χ0v) is 12.5. The predicted octanol–water partition coefficient (Wildman–Crippen LogP) is 3.23. The normalized spacial score (nSPS) is 11.5. The summed E-state index contributed by atoms with van der Waals surface area (Å²) in [6.45, 7) is 1.46. The molecule has 0 radical (unpaired) electrons. The molecule has 6 heteroatoms. The number of anilines is 1. The van der Waals surface area contributed by atoms with Crippen LogP contribution in [0.1, 0.15) is 17.3 Å². The van der Waals surface area contributed by atoms with Crippen LogP contribution in [0.25, 0.3) is 0 Å². The van der Waals surface area contributed by atoms with E-state index in [1.54, 1.807) is 24.3 Å². The molecule has 2 aromatic carbocycles. The molecule has 0 aliphatic heterocycles. The number of rotatable bonds is 4. The Morgan fingerprint density at radius 3 is 2.59 bits per heavy atom. The van der Waals surface area contributed by atoms with Gasteiger partial charge in [-0.15, -0.1) is 0 Å². The van der Waals surface area contributed by atoms with Crippen LogP contribution in [0.3, 0.4) is 0 Å². The van der Waals surface area contributed by atoms with Gasteiger partial charge in [0.05, 0.1) is 5.56 Å². The molecule has 2 aromatic rings. The lowest BCUT2D eigenvalue weighted by atomic mass is 10.2. The number of carbonyl (C=O) groups is 2. The lowest BCUT2D eigenvalue weighted by Crippen LogP contribution is -2.30. The highest BCUT2D eigenvalue weighted by Crippen LogP contribution is 2.16. The van der Waals surface area contributed by atoms with Crippen molar-refractivity contribution in [1.82, 2.24) is 0 Å². The third-order valence-corrected chi connectivity index (χ3v) is 3.06. The van der Waals surface area contributed by atoms with Gasteiger partial charge in [0, 0.05) is 10.7 Å². The fraction of sp³-hybridized carbons (Fsp3) is 0.125. The summed E-state index contributed by atoms with van der Waals surface area (Å²) in [5.41, 5.74) is 0.681. The maximum Gasteiger partial charge on any atom is 0.339 e. The molecule has 0 fully saturated rings. The molecular formula is C16H14ClNO4. The Bertz CT molecular complexity index is 702. The molecule has 0 aromatic heterocycles. The number of aromatic hydroxyl groups is 1. The van der Waals surface area contributed by atoms with Gasteiger partial charge in [0.1, 0.15) is 5.75 Å². The van der Waals surface area contributed by atoms with Gasteiger partial charge in [0.25, 0.3) is 5.91 Å². The minimum atomic E-state index is -0.992. The minimum absolute atomic E-state index is 0.0505. The Morgan fingerprint density at radius 2 is 1.91 bits per heavy atom. The molecule has 0 aliphatic rings. The third kappa shape index (κ3) is 4.23. The summed E-state index contributed by atoms with van der Waals surface area (Å²) in [6.07, 6.45) is -0.992. The molecule has 0 heterocycles. The number of nitrogens with one attached hydrogen (secondary N) is 1. The molecule has 0 bridgehead atoms. The van der Waals surface area contributed by atoms with Gasteiger partial charge in [-0.25, -0.2) is 4.79 Å². The van der Waals surface area contributed by atoms with Crippen molar-refractivity contribution in [1.29, 1.82) is 0 Å². The summed E-state index contributed by atoms with van der Waals surface area (Å²) in [5.74, 6) is -1.22. The maximum absolute atomic E-state index is 12.0. The predicted molar refractivity (Wildman–Crippen MR) is 83.1 cm³/mol. The minimum Gasteiger partial charge on any atom is -0.508 e. The van der Waals surface area contributed by atoms with Gasteiger partial charge in [-0.2, -0.15) is 0 Å². The zero-order valence-electron chi connectivity index (χ0n) is 11.7. The molecule has 114 valence electrons. The second-order valence-electron chi connectivity index (χ2n) is 4.60. The lowest BCUT2D eigenvalue weighted by molar-refractivity contribution is -0.123. The van der Waals surface area contributed by atoms with E-state index in [0.29, 0.717) is 10.7 Å². The van der Waals surface area contributed by atoms with Crippen LogP contribution in [0.4, 0.5) is 5.69 Å². The van der Waals surface area contributed by atoms with E-state index >= 15 is 0 Å². The topological polar surface area (TPSA) is 75.6 Å². The molecule has 1 amide bonds. The summed E-state index contributed by atoms with van der Waals surface area (Å²) in [6, 6.07) is 12.4. The van der Waals surface area contributed by atoms with Gasteiger partial charge < -0.3 is 15.2 Å². The maximum atomic E-state index is 12.0. The van der Waals surface area contributed by atoms with E-state index < -0.39 is 18.0 Å². The molecular weight excluding hydrogens is 306 g/mol. The lowest BCUT2D eigenvalue weighted by Gasteiger charge is -2.13. The van der Waals surface area contributed by atoms with Crippen LogP contribution in [0, 0.1) is 0 Å². The largest absolute Gasteiger partial charge is 0.508 e. The van der Waals surface area contributed by atoms with Gasteiger partial charge in [-0.05, 0) is 43.3 Å². The van der Waals surface area contributed by atoms with E-state index in [9.17, 15) is 14.7 Å². The van der Waals surface area contributed by atoms with Gasteiger partial charge in [0.15, 0.2) is 6.10 Å². The van der Waals surface area contributed by atoms with Crippen LogP contribution in [-0.2, 0) is 9.53 Å². The number of carbonyl (C=O) groups excluding carboxylic acids is 2. The van der Waals surface area contributed by atoms with Gasteiger partial charge in [0.2, 0.25) is 0 Å². The quantitative estimate of drug-likeness (QED) is 0.848. The van der Waals surface area contributed by atoms with Gasteiger partial charge in [-0.1, -0.05) is 23.7 Å². The van der Waals surface area contributed by atoms with E-state index in [1.807, 2.05) is 0 Å². The number of amides is 1. The first kappa shape index (κ1) is 15.9. The molecule has 0 unspecified atom stereocenters. The fourth-order valence-corrected chi connectivity index (χ4v) is 1.92. The van der Waals surface area contributed by atoms with E-state index in [-0.39, 0.29) is 11.3 Å². The molecule has 1 atom stereocenters. The molecule has 22 heavy (non-hydrogen) atoms. The second-order valence-corrected chi connectivity index (χ2v) is 5.03. The van der Waals surface area contributed by atoms with Crippen molar-refractivity contribution < 1.29 is 19.4 Å². The highest BCUT2D eigenvalue weighted by molar-refractivity contribution is 6.30. The number of ether oxygens (including phenoxy) is 1. The fourth-order valence-electron chi connectivity index (χ4n) is 1.73. The van der Waals surface area contributed by atoms with Crippen LogP contribution in [0.15, 0.2) is 48.5 Å². The first-order chi connectivity index (χ1) is 10.5. The van der Waals surface area contributed by atoms with Crippen molar-refractivity contribution in [2.24, 2.45) is 0 Å². The van der Waals surface area contributed by atoms with E-state index in [0.717, 1.165) is 0 Å². The van der Waals surface area contributed by atoms with Crippen molar-refractivity contribution in [2.45, 2.75) is 13.0 Å². The highest BCUT2D eigenvalue weighted by atomic mass is 35.5. The van der Waals surface area contributed by atoms with Crippen molar-refractivity contribution in [3.8, 4) is 5.75 Å². The van der Waals surface area contributed by atoms with Crippen LogP contribution < -0.4 is 5.32 Å². The molecule has 2 rings (SSSR count). The summed E-state index contributed by atoms with van der Waals surface area (Å²) in [4.78, 5) is 23.9. The standard InChI is InChI=1S/C16H14ClNO4/c1-10(15(20)18-13-6-3-5-12(17)9-13)22-16(21)11-4-2-7-14(19)8-11/h2-10,19H,1H3,(H,18,20)/t10-/m1/s1. The molecule has 2 N–H and O–H groups in total. The Balaban J connectivity index is 1.98. The highest BCUT2D eigenvalue weighted by Gasteiger charge is 2.19. The number of esters is 1. The molecule has 0 saturated heterocycles. The summed E-state index contributed by atoms with van der Waals surface area (Å²) >= 11 is 5.83. The van der Waals surface area contributed by atoms with Crippen LogP contribution in [0.2, 0.25) is 5.02 Å². The monoisotopic (exact) mass is 319 g/mol. The number of phenols is 1. The summed E-state index contributed by atoms with van der Waals surface area (Å²) < 4.78 is 5.06. The molecule has 0 aliphatic carbocycles. The number of phenolic OH excluding ortho intramolecular Hbond substituents is 1. The number of hydrogen-bond acceptors (Lipinski definition) is 4. The average molecular weight is 320 g/mol. The van der Waals surface area contributed by atoms with Crippen molar-refractivity contribution in [3.05, 3.63) is 59.1 Å². The van der Waals surface area contributed by atoms with E-state index in [1.165, 1.54) is 31.2 Å².